The quantitative estimate of drug-likeness (QED) is 0.140. The second-order valence-corrected chi connectivity index (χ2v) is 9.08. The van der Waals surface area contributed by atoms with Crippen LogP contribution in [0.15, 0.2) is 54.7 Å². The molecule has 3 aromatic rings. The van der Waals surface area contributed by atoms with Gasteiger partial charge in [-0.25, -0.2) is 4.79 Å². The van der Waals surface area contributed by atoms with Gasteiger partial charge in [-0.05, 0) is 29.7 Å². The Kier molecular flexibility index (Phi) is 9.25. The number of aromatic nitrogens is 1. The van der Waals surface area contributed by atoms with Crippen LogP contribution < -0.4 is 15.4 Å². The zero-order valence-electron chi connectivity index (χ0n) is 21.5. The number of alkyl halides is 6. The number of ether oxygens (including phenoxy) is 1. The van der Waals surface area contributed by atoms with Gasteiger partial charge in [0.15, 0.2) is 12.4 Å². The molecule has 1 aromatic heterocycles. The molecule has 0 unspecified atom stereocenters. The van der Waals surface area contributed by atoms with Crippen molar-refractivity contribution >= 4 is 29.2 Å². The van der Waals surface area contributed by atoms with Crippen molar-refractivity contribution in [3.8, 4) is 16.9 Å². The van der Waals surface area contributed by atoms with Gasteiger partial charge in [-0.3, -0.25) is 19.9 Å². The van der Waals surface area contributed by atoms with Gasteiger partial charge < -0.3 is 15.2 Å². The smallest absolute Gasteiger partial charge is 0.422 e. The van der Waals surface area contributed by atoms with Crippen LogP contribution in [0, 0.1) is 0 Å². The molecule has 0 radical (unpaired) electrons. The van der Waals surface area contributed by atoms with E-state index in [0.29, 0.717) is 17.2 Å². The van der Waals surface area contributed by atoms with E-state index in [1.807, 2.05) is 31.3 Å². The maximum Gasteiger partial charge on any atom is 0.422 e. The molecule has 2 amide bonds. The Hall–Kier alpha value is -4.62. The number of carbonyl (C=O) groups is 3. The number of anilines is 2. The van der Waals surface area contributed by atoms with E-state index >= 15 is 0 Å². The van der Waals surface area contributed by atoms with Crippen LogP contribution in [0.25, 0.3) is 11.1 Å². The molecular formula is C27H23F6N3O5. The van der Waals surface area contributed by atoms with Gasteiger partial charge in [-0.2, -0.15) is 26.3 Å². The van der Waals surface area contributed by atoms with Crippen LogP contribution in [-0.2, 0) is 11.0 Å². The molecule has 1 heterocycles. The van der Waals surface area contributed by atoms with Crippen molar-refractivity contribution in [2.24, 2.45) is 0 Å². The molecule has 0 spiro atoms. The van der Waals surface area contributed by atoms with Gasteiger partial charge in [0.2, 0.25) is 5.91 Å². The van der Waals surface area contributed by atoms with Crippen LogP contribution in [0.4, 0.5) is 42.5 Å². The van der Waals surface area contributed by atoms with Gasteiger partial charge in [0.25, 0.3) is 0 Å². The lowest BCUT2D eigenvalue weighted by Crippen LogP contribution is -2.22. The molecule has 14 heteroatoms. The van der Waals surface area contributed by atoms with E-state index in [2.05, 4.69) is 9.72 Å². The first-order chi connectivity index (χ1) is 19.0. The minimum absolute atomic E-state index is 0.112. The molecule has 0 fully saturated rings. The zero-order valence-corrected chi connectivity index (χ0v) is 21.5. The second kappa shape index (κ2) is 12.3. The van der Waals surface area contributed by atoms with Crippen molar-refractivity contribution < 1.29 is 50.6 Å². The Balaban J connectivity index is 1.85. The van der Waals surface area contributed by atoms with Crippen LogP contribution in [-0.4, -0.2) is 40.7 Å². The molecule has 218 valence electrons. The number of rotatable bonds is 9. The Labute approximate surface area is 229 Å². The summed E-state index contributed by atoms with van der Waals surface area (Å²) in [7, 11) is 0. The summed E-state index contributed by atoms with van der Waals surface area (Å²) in [4.78, 5) is 40.9. The van der Waals surface area contributed by atoms with E-state index in [9.17, 15) is 40.7 Å². The zero-order chi connectivity index (χ0) is 30.5. The van der Waals surface area contributed by atoms with Gasteiger partial charge in [-0.15, -0.1) is 0 Å². The third kappa shape index (κ3) is 8.68. The highest BCUT2D eigenvalue weighted by atomic mass is 19.4. The van der Waals surface area contributed by atoms with Crippen molar-refractivity contribution in [1.29, 1.82) is 0 Å². The highest BCUT2D eigenvalue weighted by Gasteiger charge is 2.37. The molecule has 0 aliphatic heterocycles. The van der Waals surface area contributed by atoms with Gasteiger partial charge in [0.1, 0.15) is 5.75 Å². The fourth-order valence-corrected chi connectivity index (χ4v) is 3.63. The average Bonchev–Trinajstić information content (AvgIpc) is 2.87. The first-order valence-corrected chi connectivity index (χ1v) is 11.9. The third-order valence-electron chi connectivity index (χ3n) is 5.55. The number of carbonyl (C=O) groups excluding carboxylic acids is 2. The number of nitrogens with zero attached hydrogens (tertiary/aromatic N) is 1. The monoisotopic (exact) mass is 583 g/mol. The van der Waals surface area contributed by atoms with Crippen molar-refractivity contribution in [2.75, 3.05) is 17.2 Å². The lowest BCUT2D eigenvalue weighted by Gasteiger charge is -2.19. The number of nitrogens with one attached hydrogen (secondary N) is 2. The summed E-state index contributed by atoms with van der Waals surface area (Å²) in [6.45, 7) is 1.87. The number of pyridine rings is 1. The Morgan fingerprint density at radius 2 is 1.61 bits per heavy atom. The van der Waals surface area contributed by atoms with E-state index < -0.39 is 65.9 Å². The third-order valence-corrected chi connectivity index (χ3v) is 5.55. The molecule has 3 rings (SSSR count). The number of carboxylic acid groups (broad SMARTS) is 1. The first kappa shape index (κ1) is 30.9. The Morgan fingerprint density at radius 3 is 2.17 bits per heavy atom. The largest absolute Gasteiger partial charge is 0.483 e. The Bertz CT molecular complexity index is 1440. The normalized spacial score (nSPS) is 11.7. The molecule has 0 saturated carbocycles. The minimum atomic E-state index is -5.24. The SMILES string of the molecule is CC(C)c1ccc(-c2cccc(C(=O)CC(=O)Nc3cc(C(F)(F)F)c(OCC(F)(F)F)cc3NC(=O)O)c2)cn1. The number of amides is 2. The molecule has 2 aromatic carbocycles. The molecule has 0 bridgehead atoms. The number of benzene rings is 2. The predicted molar refractivity (Wildman–Crippen MR) is 136 cm³/mol. The summed E-state index contributed by atoms with van der Waals surface area (Å²) in [5.74, 6) is -2.92. The highest BCUT2D eigenvalue weighted by molar-refractivity contribution is 6.12. The predicted octanol–water partition coefficient (Wildman–Crippen LogP) is 7.13. The van der Waals surface area contributed by atoms with E-state index in [1.165, 1.54) is 12.1 Å². The molecule has 0 saturated heterocycles. The summed E-state index contributed by atoms with van der Waals surface area (Å²) < 4.78 is 82.6. The summed E-state index contributed by atoms with van der Waals surface area (Å²) in [5.41, 5.74) is -0.861. The summed E-state index contributed by atoms with van der Waals surface area (Å²) in [6, 6.07) is 10.5. The molecule has 0 aliphatic carbocycles. The van der Waals surface area contributed by atoms with Crippen LogP contribution in [0.3, 0.4) is 0 Å². The summed E-state index contributed by atoms with van der Waals surface area (Å²) in [6.07, 6.45) is -11.2. The maximum absolute atomic E-state index is 13.6. The van der Waals surface area contributed by atoms with Crippen molar-refractivity contribution in [3.63, 3.8) is 0 Å². The molecule has 3 N–H and O–H groups in total. The fourth-order valence-electron chi connectivity index (χ4n) is 3.63. The van der Waals surface area contributed by atoms with Gasteiger partial charge >= 0.3 is 18.4 Å². The number of ketones is 1. The van der Waals surface area contributed by atoms with Gasteiger partial charge in [-0.1, -0.05) is 38.1 Å². The fraction of sp³-hybridized carbons (Fsp3) is 0.259. The molecule has 0 aliphatic rings. The average molecular weight is 583 g/mol. The summed E-state index contributed by atoms with van der Waals surface area (Å²) in [5, 5.41) is 12.8. The van der Waals surface area contributed by atoms with Gasteiger partial charge in [0.05, 0.1) is 23.4 Å². The van der Waals surface area contributed by atoms with Gasteiger partial charge in [0, 0.05) is 29.1 Å². The minimum Gasteiger partial charge on any atom is -0.483 e. The van der Waals surface area contributed by atoms with Crippen LogP contribution in [0.2, 0.25) is 0 Å². The van der Waals surface area contributed by atoms with Crippen molar-refractivity contribution in [2.45, 2.75) is 38.5 Å². The highest BCUT2D eigenvalue weighted by Crippen LogP contribution is 2.42. The van der Waals surface area contributed by atoms with Crippen LogP contribution in [0.5, 0.6) is 5.75 Å². The van der Waals surface area contributed by atoms with Crippen molar-refractivity contribution in [3.05, 3.63) is 71.5 Å². The number of Topliss-reactive ketones (excluding diaryl/α,β-unsaturated/α-hetero) is 1. The number of halogens is 6. The first-order valence-electron chi connectivity index (χ1n) is 11.9. The van der Waals surface area contributed by atoms with E-state index in [0.717, 1.165) is 5.69 Å². The van der Waals surface area contributed by atoms with E-state index in [-0.39, 0.29) is 17.5 Å². The standard InChI is InChI=1S/C27H23F6N3O5/c1-14(2)19-7-6-17(12-34-19)15-4-3-5-16(8-15)22(37)11-24(38)35-20-9-18(27(31,32)33)23(41-13-26(28,29)30)10-21(20)36-25(39)40/h3-10,12,14,36H,11,13H2,1-2H3,(H,35,38)(H,39,40). The van der Waals surface area contributed by atoms with E-state index in [4.69, 9.17) is 5.11 Å². The van der Waals surface area contributed by atoms with Crippen molar-refractivity contribution in [1.82, 2.24) is 4.98 Å². The molecule has 41 heavy (non-hydrogen) atoms. The van der Waals surface area contributed by atoms with Crippen LogP contribution in [0.1, 0.15) is 47.8 Å². The summed E-state index contributed by atoms with van der Waals surface area (Å²) >= 11 is 0. The lowest BCUT2D eigenvalue weighted by molar-refractivity contribution is -0.158. The van der Waals surface area contributed by atoms with E-state index in [1.54, 1.807) is 23.6 Å². The topological polar surface area (TPSA) is 118 Å². The number of hydrogen-bond acceptors (Lipinski definition) is 5. The maximum atomic E-state index is 13.6. The molecule has 0 atom stereocenters. The molecular weight excluding hydrogens is 560 g/mol. The second-order valence-electron chi connectivity index (χ2n) is 9.08. The Morgan fingerprint density at radius 1 is 0.927 bits per heavy atom. The number of hydrogen-bond donors (Lipinski definition) is 3. The molecule has 8 nitrogen and oxygen atoms in total. The lowest BCUT2D eigenvalue weighted by atomic mass is 10.00. The van der Waals surface area contributed by atoms with Crippen LogP contribution >= 0.6 is 0 Å².